The van der Waals surface area contributed by atoms with Gasteiger partial charge >= 0.3 is 6.09 Å². The molecule has 2 rings (SSSR count). The summed E-state index contributed by atoms with van der Waals surface area (Å²) in [5.74, 6) is 0. The molecule has 1 aromatic carbocycles. The fourth-order valence-corrected chi connectivity index (χ4v) is 1.59. The lowest BCUT2D eigenvalue weighted by Gasteiger charge is -1.93. The number of amides is 1. The van der Waals surface area contributed by atoms with Gasteiger partial charge in [0.2, 0.25) is 0 Å². The zero-order chi connectivity index (χ0) is 12.8. The van der Waals surface area contributed by atoms with Crippen LogP contribution in [0.3, 0.4) is 0 Å². The highest BCUT2D eigenvalue weighted by Gasteiger charge is 2.05. The largest absolute Gasteiger partial charge is 0.465 e. The number of hydrogen-bond acceptors (Lipinski definition) is 3. The minimum atomic E-state index is -1.33. The Morgan fingerprint density at radius 1 is 1.35 bits per heavy atom. The number of carbonyl (C=O) groups is 1. The van der Waals surface area contributed by atoms with Crippen LogP contribution in [0.25, 0.3) is 10.9 Å². The highest BCUT2D eigenvalue weighted by Crippen LogP contribution is 2.19. The van der Waals surface area contributed by atoms with Crippen molar-refractivity contribution in [1.82, 2.24) is 4.73 Å². The first-order valence-electron chi connectivity index (χ1n) is 5.03. The van der Waals surface area contributed by atoms with Gasteiger partial charge in [0.15, 0.2) is 0 Å². The van der Waals surface area contributed by atoms with Crippen LogP contribution in [0, 0.1) is 0 Å². The molecule has 0 spiro atoms. The lowest BCUT2D eigenvalue weighted by Crippen LogP contribution is -2.03. The highest BCUT2D eigenvalue weighted by atomic mass is 16.5. The van der Waals surface area contributed by atoms with Gasteiger partial charge in [-0.3, -0.25) is 0 Å². The Hall–Kier alpha value is -2.21. The topological polar surface area (TPSA) is 115 Å². The van der Waals surface area contributed by atoms with E-state index in [4.69, 9.17) is 15.6 Å². The Kier molecular flexibility index (Phi) is 4.36. The number of para-hydroxylation sites is 1. The van der Waals surface area contributed by atoms with Crippen molar-refractivity contribution in [2.75, 3.05) is 6.54 Å². The van der Waals surface area contributed by atoms with Crippen molar-refractivity contribution >= 4 is 17.0 Å². The molecule has 0 bridgehead atoms. The summed E-state index contributed by atoms with van der Waals surface area (Å²) in [6.45, 7) is 0.605. The summed E-state index contributed by atoms with van der Waals surface area (Å²) in [5, 5.41) is 17.8. The molecule has 0 aliphatic rings. The second-order valence-corrected chi connectivity index (χ2v) is 3.39. The van der Waals surface area contributed by atoms with Crippen molar-refractivity contribution in [3.63, 3.8) is 0 Å². The summed E-state index contributed by atoms with van der Waals surface area (Å²) in [4.78, 5) is 8.78. The SMILES string of the molecule is NC(=O)O.NCCc1cn(O)c2ccccc12. The molecule has 0 aliphatic carbocycles. The summed E-state index contributed by atoms with van der Waals surface area (Å²) in [6.07, 6.45) is 1.19. The Bertz CT molecular complexity index is 504. The molecule has 0 fully saturated rings. The van der Waals surface area contributed by atoms with E-state index in [2.05, 4.69) is 5.73 Å². The third kappa shape index (κ3) is 3.39. The van der Waals surface area contributed by atoms with Gasteiger partial charge in [0.25, 0.3) is 0 Å². The highest BCUT2D eigenvalue weighted by molar-refractivity contribution is 5.83. The second kappa shape index (κ2) is 5.76. The summed E-state index contributed by atoms with van der Waals surface area (Å²) in [6, 6.07) is 7.74. The van der Waals surface area contributed by atoms with Crippen molar-refractivity contribution in [2.24, 2.45) is 11.5 Å². The third-order valence-corrected chi connectivity index (χ3v) is 2.19. The fraction of sp³-hybridized carbons (Fsp3) is 0.182. The van der Waals surface area contributed by atoms with E-state index in [1.807, 2.05) is 24.3 Å². The van der Waals surface area contributed by atoms with Crippen molar-refractivity contribution in [2.45, 2.75) is 6.42 Å². The number of nitrogens with two attached hydrogens (primary N) is 2. The molecular formula is C11H15N3O3. The van der Waals surface area contributed by atoms with Gasteiger partial charge in [0.1, 0.15) is 0 Å². The average Bonchev–Trinajstić information content (AvgIpc) is 2.57. The Balaban J connectivity index is 0.000000317. The summed E-state index contributed by atoms with van der Waals surface area (Å²) < 4.78 is 1.15. The van der Waals surface area contributed by atoms with Gasteiger partial charge in [-0.25, -0.2) is 4.79 Å². The van der Waals surface area contributed by atoms with E-state index in [0.29, 0.717) is 6.54 Å². The van der Waals surface area contributed by atoms with Gasteiger partial charge in [-0.1, -0.05) is 18.2 Å². The van der Waals surface area contributed by atoms with E-state index >= 15 is 0 Å². The lowest BCUT2D eigenvalue weighted by molar-refractivity contribution is 0.199. The molecule has 6 nitrogen and oxygen atoms in total. The van der Waals surface area contributed by atoms with Gasteiger partial charge in [-0.15, -0.1) is 0 Å². The minimum absolute atomic E-state index is 0.605. The van der Waals surface area contributed by atoms with E-state index in [1.54, 1.807) is 6.20 Å². The molecule has 6 heteroatoms. The lowest BCUT2D eigenvalue weighted by atomic mass is 10.1. The first-order chi connectivity index (χ1) is 8.06. The van der Waals surface area contributed by atoms with Crippen LogP contribution in [0.2, 0.25) is 0 Å². The number of hydrogen-bond donors (Lipinski definition) is 4. The third-order valence-electron chi connectivity index (χ3n) is 2.19. The number of primary amides is 1. The number of carboxylic acid groups (broad SMARTS) is 1. The summed E-state index contributed by atoms with van der Waals surface area (Å²) in [5.41, 5.74) is 11.4. The maximum atomic E-state index is 9.49. The molecule has 17 heavy (non-hydrogen) atoms. The van der Waals surface area contributed by atoms with Crippen LogP contribution in [0.5, 0.6) is 0 Å². The van der Waals surface area contributed by atoms with Crippen molar-refractivity contribution in [3.05, 3.63) is 36.0 Å². The van der Waals surface area contributed by atoms with E-state index in [-0.39, 0.29) is 0 Å². The molecule has 1 aromatic heterocycles. The molecule has 6 N–H and O–H groups in total. The zero-order valence-electron chi connectivity index (χ0n) is 9.21. The number of fused-ring (bicyclic) bond motifs is 1. The van der Waals surface area contributed by atoms with E-state index in [0.717, 1.165) is 27.6 Å². The van der Waals surface area contributed by atoms with E-state index < -0.39 is 6.09 Å². The number of aromatic nitrogens is 1. The predicted molar refractivity (Wildman–Crippen MR) is 64.1 cm³/mol. The van der Waals surface area contributed by atoms with Crippen LogP contribution >= 0.6 is 0 Å². The molecule has 0 radical (unpaired) electrons. The summed E-state index contributed by atoms with van der Waals surface area (Å²) >= 11 is 0. The molecule has 0 aliphatic heterocycles. The molecule has 0 atom stereocenters. The predicted octanol–water partition coefficient (Wildman–Crippen LogP) is 1.00. The molecule has 2 aromatic rings. The standard InChI is InChI=1S/C10H12N2O.CH3NO2/c11-6-5-8-7-12(13)10-4-2-1-3-9(8)10;2-1(3)4/h1-4,7,13H,5-6,11H2;2H2,(H,3,4). The maximum absolute atomic E-state index is 9.49. The average molecular weight is 237 g/mol. The molecule has 0 saturated carbocycles. The second-order valence-electron chi connectivity index (χ2n) is 3.39. The van der Waals surface area contributed by atoms with Gasteiger partial charge in [-0.2, -0.15) is 4.73 Å². The van der Waals surface area contributed by atoms with Gasteiger partial charge in [0.05, 0.1) is 5.52 Å². The molecule has 0 saturated heterocycles. The van der Waals surface area contributed by atoms with Crippen LogP contribution < -0.4 is 11.5 Å². The van der Waals surface area contributed by atoms with E-state index in [1.165, 1.54) is 0 Å². The van der Waals surface area contributed by atoms with Crippen LogP contribution in [0.15, 0.2) is 30.5 Å². The van der Waals surface area contributed by atoms with Crippen molar-refractivity contribution < 1.29 is 15.1 Å². The number of nitrogens with zero attached hydrogens (tertiary/aromatic N) is 1. The Morgan fingerprint density at radius 3 is 2.53 bits per heavy atom. The van der Waals surface area contributed by atoms with Gasteiger partial charge < -0.3 is 21.8 Å². The van der Waals surface area contributed by atoms with Crippen LogP contribution in [0.4, 0.5) is 4.79 Å². The Labute approximate surface area is 98.0 Å². The number of benzene rings is 1. The molecule has 0 unspecified atom stereocenters. The monoisotopic (exact) mass is 237 g/mol. The molecule has 1 amide bonds. The van der Waals surface area contributed by atoms with Crippen LogP contribution in [-0.4, -0.2) is 27.7 Å². The Morgan fingerprint density at radius 2 is 1.94 bits per heavy atom. The zero-order valence-corrected chi connectivity index (χ0v) is 9.21. The first-order valence-corrected chi connectivity index (χ1v) is 5.03. The van der Waals surface area contributed by atoms with Crippen molar-refractivity contribution in [3.8, 4) is 0 Å². The first kappa shape index (κ1) is 12.9. The normalized spacial score (nSPS) is 9.71. The van der Waals surface area contributed by atoms with Gasteiger partial charge in [0, 0.05) is 11.6 Å². The number of rotatable bonds is 2. The molecule has 92 valence electrons. The fourth-order valence-electron chi connectivity index (χ4n) is 1.59. The van der Waals surface area contributed by atoms with Crippen molar-refractivity contribution in [1.29, 1.82) is 0 Å². The minimum Gasteiger partial charge on any atom is -0.465 e. The summed E-state index contributed by atoms with van der Waals surface area (Å²) in [7, 11) is 0. The van der Waals surface area contributed by atoms with E-state index in [9.17, 15) is 5.21 Å². The quantitative estimate of drug-likeness (QED) is 0.583. The maximum Gasteiger partial charge on any atom is 0.402 e. The smallest absolute Gasteiger partial charge is 0.402 e. The van der Waals surface area contributed by atoms with Crippen LogP contribution in [0.1, 0.15) is 5.56 Å². The van der Waals surface area contributed by atoms with Gasteiger partial charge in [-0.05, 0) is 24.6 Å². The van der Waals surface area contributed by atoms with Crippen LogP contribution in [-0.2, 0) is 6.42 Å². The molecular weight excluding hydrogens is 222 g/mol. The molecule has 1 heterocycles.